The number of ketones is 1. The van der Waals surface area contributed by atoms with Gasteiger partial charge >= 0.3 is 0 Å². The number of aliphatic hydroxyl groups excluding tert-OH is 1. The molecule has 0 aromatic heterocycles. The van der Waals surface area contributed by atoms with Gasteiger partial charge in [0, 0.05) is 23.2 Å². The zero-order chi connectivity index (χ0) is 20.4. The molecular formula is C24H27NO4. The molecule has 2 aromatic carbocycles. The quantitative estimate of drug-likeness (QED) is 0.784. The lowest BCUT2D eigenvalue weighted by molar-refractivity contribution is 0.101. The first-order valence-electron chi connectivity index (χ1n) is 10.1. The van der Waals surface area contributed by atoms with Gasteiger partial charge in [-0.2, -0.15) is 0 Å². The molecule has 0 radical (unpaired) electrons. The Morgan fingerprint density at radius 1 is 1.07 bits per heavy atom. The van der Waals surface area contributed by atoms with Crippen LogP contribution in [0.5, 0.6) is 11.5 Å². The van der Waals surface area contributed by atoms with Crippen LogP contribution in [-0.2, 0) is 6.54 Å². The topological polar surface area (TPSA) is 59.0 Å². The third-order valence-electron chi connectivity index (χ3n) is 5.95. The summed E-state index contributed by atoms with van der Waals surface area (Å²) in [5.41, 5.74) is 2.91. The Hall–Kier alpha value is -2.63. The summed E-state index contributed by atoms with van der Waals surface area (Å²) in [6, 6.07) is 13.9. The van der Waals surface area contributed by atoms with Crippen LogP contribution in [-0.4, -0.2) is 43.1 Å². The summed E-state index contributed by atoms with van der Waals surface area (Å²) in [7, 11) is 3.09. The van der Waals surface area contributed by atoms with Crippen molar-refractivity contribution in [2.75, 3.05) is 27.3 Å². The maximum Gasteiger partial charge on any atom is 0.192 e. The molecule has 5 heteroatoms. The average molecular weight is 393 g/mol. The Bertz CT molecular complexity index is 914. The number of ether oxygens (including phenoxy) is 2. The third-order valence-corrected chi connectivity index (χ3v) is 5.95. The monoisotopic (exact) mass is 393 g/mol. The number of piperidine rings is 1. The van der Waals surface area contributed by atoms with E-state index in [1.807, 2.05) is 12.1 Å². The summed E-state index contributed by atoms with van der Waals surface area (Å²) < 4.78 is 10.6. The highest BCUT2D eigenvalue weighted by Gasteiger charge is 2.35. The molecule has 0 amide bonds. The number of hydrogen-bond donors (Lipinski definition) is 1. The van der Waals surface area contributed by atoms with Crippen LogP contribution in [0.25, 0.3) is 0 Å². The van der Waals surface area contributed by atoms with Gasteiger partial charge in [-0.05, 0) is 49.5 Å². The van der Waals surface area contributed by atoms with E-state index in [2.05, 4.69) is 29.2 Å². The fourth-order valence-electron chi connectivity index (χ4n) is 4.30. The molecule has 4 rings (SSSR count). The minimum Gasteiger partial charge on any atom is -0.493 e. The van der Waals surface area contributed by atoms with Crippen molar-refractivity contribution in [3.8, 4) is 11.5 Å². The number of carbonyl (C=O) groups is 1. The Kier molecular flexibility index (Phi) is 5.69. The molecule has 152 valence electrons. The number of nitrogens with zero attached hydrogens (tertiary/aromatic N) is 1. The van der Waals surface area contributed by atoms with E-state index in [0.717, 1.165) is 32.5 Å². The Balaban J connectivity index is 1.46. The van der Waals surface area contributed by atoms with Gasteiger partial charge < -0.3 is 14.6 Å². The van der Waals surface area contributed by atoms with E-state index in [1.165, 1.54) is 5.56 Å². The van der Waals surface area contributed by atoms with Crippen LogP contribution in [0.2, 0.25) is 0 Å². The first kappa shape index (κ1) is 19.7. The fraction of sp³-hybridized carbons (Fsp3) is 0.375. The predicted molar refractivity (Wildman–Crippen MR) is 111 cm³/mol. The lowest BCUT2D eigenvalue weighted by atomic mass is 9.92. The lowest BCUT2D eigenvalue weighted by Gasteiger charge is -2.31. The van der Waals surface area contributed by atoms with Crippen LogP contribution >= 0.6 is 0 Å². The molecule has 1 unspecified atom stereocenters. The summed E-state index contributed by atoms with van der Waals surface area (Å²) in [4.78, 5) is 15.4. The number of allylic oxidation sites excluding steroid dienone is 1. The summed E-state index contributed by atoms with van der Waals surface area (Å²) in [6.07, 6.45) is 3.06. The van der Waals surface area contributed by atoms with Crippen molar-refractivity contribution in [2.24, 2.45) is 5.92 Å². The van der Waals surface area contributed by atoms with Crippen molar-refractivity contribution in [3.05, 3.63) is 70.8 Å². The van der Waals surface area contributed by atoms with Crippen molar-refractivity contribution >= 4 is 5.78 Å². The van der Waals surface area contributed by atoms with Gasteiger partial charge in [0.2, 0.25) is 0 Å². The number of Topliss-reactive ketones (excluding diaryl/α,β-unsaturated/α-hetero) is 1. The van der Waals surface area contributed by atoms with Crippen molar-refractivity contribution < 1.29 is 19.4 Å². The van der Waals surface area contributed by atoms with Gasteiger partial charge in [-0.15, -0.1) is 0 Å². The van der Waals surface area contributed by atoms with E-state index in [-0.39, 0.29) is 5.78 Å². The molecule has 2 aromatic rings. The first-order valence-corrected chi connectivity index (χ1v) is 10.1. The van der Waals surface area contributed by atoms with Gasteiger partial charge in [0.1, 0.15) is 6.10 Å². The molecule has 29 heavy (non-hydrogen) atoms. The second-order valence-electron chi connectivity index (χ2n) is 7.75. The molecule has 1 fully saturated rings. The second-order valence-corrected chi connectivity index (χ2v) is 7.75. The van der Waals surface area contributed by atoms with Crippen LogP contribution in [0.3, 0.4) is 0 Å². The van der Waals surface area contributed by atoms with Crippen LogP contribution in [0.1, 0.15) is 40.4 Å². The average Bonchev–Trinajstić information content (AvgIpc) is 2.99. The lowest BCUT2D eigenvalue weighted by Crippen LogP contribution is -2.32. The van der Waals surface area contributed by atoms with Gasteiger partial charge in [-0.1, -0.05) is 36.4 Å². The number of benzene rings is 2. The molecule has 1 aliphatic heterocycles. The number of hydrogen-bond acceptors (Lipinski definition) is 5. The number of rotatable bonds is 5. The first-order chi connectivity index (χ1) is 14.1. The molecule has 1 N–H and O–H groups in total. The molecular weight excluding hydrogens is 366 g/mol. The number of fused-ring (bicyclic) bond motifs is 1. The van der Waals surface area contributed by atoms with E-state index >= 15 is 0 Å². The van der Waals surface area contributed by atoms with E-state index in [4.69, 9.17) is 9.47 Å². The zero-order valence-electron chi connectivity index (χ0n) is 16.9. The Labute approximate surface area is 171 Å². The van der Waals surface area contributed by atoms with Gasteiger partial charge in [0.15, 0.2) is 17.3 Å². The van der Waals surface area contributed by atoms with E-state index in [1.54, 1.807) is 26.4 Å². The van der Waals surface area contributed by atoms with Crippen molar-refractivity contribution in [2.45, 2.75) is 25.5 Å². The van der Waals surface area contributed by atoms with E-state index in [0.29, 0.717) is 34.1 Å². The normalized spacial score (nSPS) is 21.4. The van der Waals surface area contributed by atoms with Crippen molar-refractivity contribution in [3.63, 3.8) is 0 Å². The molecule has 1 heterocycles. The molecule has 1 aliphatic carbocycles. The maximum absolute atomic E-state index is 12.9. The number of aliphatic hydroxyl groups is 1. The van der Waals surface area contributed by atoms with Gasteiger partial charge in [0.05, 0.1) is 14.2 Å². The SMILES string of the molecule is COc1cc2c(cc1OC)C(O)C(=CC1CCN(Cc3ccccc3)CC1)C2=O. The Morgan fingerprint density at radius 3 is 2.38 bits per heavy atom. The summed E-state index contributed by atoms with van der Waals surface area (Å²) in [5, 5.41) is 10.8. The molecule has 1 atom stereocenters. The van der Waals surface area contributed by atoms with Crippen molar-refractivity contribution in [1.82, 2.24) is 4.90 Å². The zero-order valence-corrected chi connectivity index (χ0v) is 16.9. The molecule has 0 spiro atoms. The molecule has 0 saturated carbocycles. The number of likely N-dealkylation sites (tertiary alicyclic amines) is 1. The van der Waals surface area contributed by atoms with Crippen LogP contribution in [0.4, 0.5) is 0 Å². The van der Waals surface area contributed by atoms with Crippen molar-refractivity contribution in [1.29, 1.82) is 0 Å². The van der Waals surface area contributed by atoms with E-state index in [9.17, 15) is 9.90 Å². The Morgan fingerprint density at radius 2 is 1.72 bits per heavy atom. The van der Waals surface area contributed by atoms with Gasteiger partial charge in [0.25, 0.3) is 0 Å². The third kappa shape index (κ3) is 3.93. The summed E-state index contributed by atoms with van der Waals surface area (Å²) in [5.74, 6) is 1.21. The highest BCUT2D eigenvalue weighted by molar-refractivity contribution is 6.14. The maximum atomic E-state index is 12.9. The molecule has 5 nitrogen and oxygen atoms in total. The molecule has 0 bridgehead atoms. The fourth-order valence-corrected chi connectivity index (χ4v) is 4.30. The highest BCUT2D eigenvalue weighted by atomic mass is 16.5. The molecule has 2 aliphatic rings. The molecule has 1 saturated heterocycles. The van der Waals surface area contributed by atoms with Crippen LogP contribution in [0, 0.1) is 5.92 Å². The summed E-state index contributed by atoms with van der Waals surface area (Å²) in [6.45, 7) is 2.93. The summed E-state index contributed by atoms with van der Waals surface area (Å²) >= 11 is 0. The predicted octanol–water partition coefficient (Wildman–Crippen LogP) is 3.77. The van der Waals surface area contributed by atoms with E-state index < -0.39 is 6.10 Å². The second kappa shape index (κ2) is 8.39. The van der Waals surface area contributed by atoms with Crippen LogP contribution < -0.4 is 9.47 Å². The van der Waals surface area contributed by atoms with Crippen LogP contribution in [0.15, 0.2) is 54.1 Å². The minimum atomic E-state index is -0.903. The highest BCUT2D eigenvalue weighted by Crippen LogP contribution is 2.42. The smallest absolute Gasteiger partial charge is 0.192 e. The number of methoxy groups -OCH3 is 2. The van der Waals surface area contributed by atoms with Gasteiger partial charge in [-0.3, -0.25) is 9.69 Å². The van der Waals surface area contributed by atoms with Gasteiger partial charge in [-0.25, -0.2) is 0 Å². The standard InChI is InChI=1S/C24H27NO4/c1-28-21-13-18-19(14-22(21)29-2)24(27)20(23(18)26)12-16-8-10-25(11-9-16)15-17-6-4-3-5-7-17/h3-7,12-14,16,23,26H,8-11,15H2,1-2H3. The largest absolute Gasteiger partial charge is 0.493 e. The number of carbonyl (C=O) groups excluding carboxylic acids is 1. The minimum absolute atomic E-state index is 0.111.